The molecule has 1 aliphatic carbocycles. The molecule has 3 aromatic rings. The second-order valence-electron chi connectivity index (χ2n) is 6.59. The van der Waals surface area contributed by atoms with Gasteiger partial charge < -0.3 is 0 Å². The van der Waals surface area contributed by atoms with E-state index < -0.39 is 0 Å². The number of fused-ring (bicyclic) bond motifs is 1. The Bertz CT molecular complexity index is 845. The van der Waals surface area contributed by atoms with Crippen molar-refractivity contribution in [3.8, 4) is 0 Å². The molecule has 126 valence electrons. The van der Waals surface area contributed by atoms with Gasteiger partial charge in [0.25, 0.3) is 0 Å². The van der Waals surface area contributed by atoms with Gasteiger partial charge in [-0.15, -0.1) is 0 Å². The van der Waals surface area contributed by atoms with E-state index in [2.05, 4.69) is 33.5 Å². The van der Waals surface area contributed by atoms with Gasteiger partial charge in [0, 0.05) is 0 Å². The van der Waals surface area contributed by atoms with Crippen molar-refractivity contribution in [1.29, 1.82) is 0 Å². The number of hydrogen-bond acceptors (Lipinski definition) is 3. The minimum atomic E-state index is 0.173. The quantitative estimate of drug-likeness (QED) is 0.484. The van der Waals surface area contributed by atoms with Crippen LogP contribution in [0.25, 0.3) is 0 Å². The van der Waals surface area contributed by atoms with Crippen LogP contribution in [-0.2, 0) is 6.42 Å². The van der Waals surface area contributed by atoms with Gasteiger partial charge >= 0.3 is 154 Å². The third-order valence-corrected chi connectivity index (χ3v) is 6.74. The Labute approximate surface area is 154 Å². The molecule has 3 nitrogen and oxygen atoms in total. The molecule has 25 heavy (non-hydrogen) atoms. The zero-order valence-electron chi connectivity index (χ0n) is 14.0. The van der Waals surface area contributed by atoms with E-state index in [-0.39, 0.29) is 26.4 Å². The Hall–Kier alpha value is -2.03. The van der Waals surface area contributed by atoms with Gasteiger partial charge in [0.2, 0.25) is 0 Å². The summed E-state index contributed by atoms with van der Waals surface area (Å²) < 4.78 is 5.76. The zero-order valence-corrected chi connectivity index (χ0v) is 15.7. The van der Waals surface area contributed by atoms with Crippen LogP contribution >= 0.6 is 0 Å². The first kappa shape index (κ1) is 16.4. The Balaban J connectivity index is 1.68. The number of benzene rings is 2. The topological polar surface area (TPSA) is 42.9 Å². The molecule has 4 rings (SSSR count). The number of carbonyl (C=O) groups is 1. The van der Waals surface area contributed by atoms with Crippen LogP contribution in [-0.4, -0.2) is 29.7 Å². The predicted molar refractivity (Wildman–Crippen MR) is 99.2 cm³/mol. The molecule has 0 saturated heterocycles. The van der Waals surface area contributed by atoms with Crippen LogP contribution in [0.15, 0.2) is 60.7 Å². The number of carbonyl (C=O) groups excluding carboxylic acids is 1. The molecule has 0 spiro atoms. The summed E-state index contributed by atoms with van der Waals surface area (Å²) in [6.45, 7) is 0. The van der Waals surface area contributed by atoms with Crippen molar-refractivity contribution in [2.24, 2.45) is 0 Å². The van der Waals surface area contributed by atoms with Gasteiger partial charge in [0.05, 0.1) is 0 Å². The molecule has 2 aromatic carbocycles. The molecule has 0 saturated carbocycles. The zero-order chi connectivity index (χ0) is 17.1. The minimum absolute atomic E-state index is 0.173. The van der Waals surface area contributed by atoms with Crippen LogP contribution in [0.1, 0.15) is 57.2 Å². The fourth-order valence-electron chi connectivity index (χ4n) is 3.82. The van der Waals surface area contributed by atoms with E-state index in [1.54, 1.807) is 0 Å². The number of aromatic nitrogens is 2. The fraction of sp³-hybridized carbons (Fsp3) is 0.286. The number of aryl methyl sites for hydroxylation is 1. The molecule has 0 fully saturated rings. The predicted octanol–water partition coefficient (Wildman–Crippen LogP) is 4.01. The van der Waals surface area contributed by atoms with Crippen LogP contribution in [0.2, 0.25) is 0 Å². The fourth-order valence-corrected chi connectivity index (χ4v) is 5.39. The van der Waals surface area contributed by atoms with Gasteiger partial charge in [-0.05, 0) is 0 Å². The van der Waals surface area contributed by atoms with E-state index in [4.69, 9.17) is 0 Å². The third kappa shape index (κ3) is 3.51. The Morgan fingerprint density at radius 1 is 1.08 bits per heavy atom. The Kier molecular flexibility index (Phi) is 4.91. The summed E-state index contributed by atoms with van der Waals surface area (Å²) >= 11 is 0.179. The molecule has 0 amide bonds. The van der Waals surface area contributed by atoms with E-state index in [0.717, 1.165) is 18.4 Å². The summed E-state index contributed by atoms with van der Waals surface area (Å²) in [4.78, 5) is 12.9. The first-order chi connectivity index (χ1) is 12.3. The van der Waals surface area contributed by atoms with Crippen molar-refractivity contribution in [2.45, 2.75) is 37.5 Å². The molecule has 1 aliphatic rings. The maximum atomic E-state index is 12.9. The summed E-state index contributed by atoms with van der Waals surface area (Å²) in [6, 6.07) is 20.1. The van der Waals surface area contributed by atoms with Crippen LogP contribution < -0.4 is 0 Å². The van der Waals surface area contributed by atoms with Gasteiger partial charge in [-0.2, -0.15) is 0 Å². The number of rotatable bonds is 5. The summed E-state index contributed by atoms with van der Waals surface area (Å²) in [5, 5.41) is 4.49. The maximum absolute atomic E-state index is 12.9. The van der Waals surface area contributed by atoms with Gasteiger partial charge in [0.1, 0.15) is 0 Å². The molecule has 1 aromatic heterocycles. The van der Waals surface area contributed by atoms with E-state index in [1.165, 1.54) is 22.1 Å². The van der Waals surface area contributed by atoms with Crippen molar-refractivity contribution >= 4 is 20.5 Å². The molecular formula is C21H20N2OSe. The van der Waals surface area contributed by atoms with Crippen molar-refractivity contribution < 1.29 is 4.79 Å². The van der Waals surface area contributed by atoms with Gasteiger partial charge in [-0.3, -0.25) is 0 Å². The first-order valence-electron chi connectivity index (χ1n) is 8.77. The van der Waals surface area contributed by atoms with E-state index in [1.807, 2.05) is 36.4 Å². The van der Waals surface area contributed by atoms with Crippen molar-refractivity contribution in [3.05, 3.63) is 81.9 Å². The normalized spacial score (nSPS) is 17.7. The number of ketones is 1. The number of Topliss-reactive ketones (excluding diaryl/α,β-unsaturated/α-hetero) is 1. The molecule has 4 heteroatoms. The van der Waals surface area contributed by atoms with Crippen LogP contribution in [0.4, 0.5) is 0 Å². The molecule has 0 unspecified atom stereocenters. The second-order valence-corrected chi connectivity index (χ2v) is 8.35. The number of hydrogen-bond donors (Lipinski definition) is 0. The van der Waals surface area contributed by atoms with Crippen LogP contribution in [0.5, 0.6) is 0 Å². The SMILES string of the molecule is O=C(C[C@@H](c1ccccc1)[C@@H]1CCCc2[se]nnc21)c1ccccc1. The molecule has 0 N–H and O–H groups in total. The van der Waals surface area contributed by atoms with E-state index in [9.17, 15) is 4.79 Å². The molecule has 0 bridgehead atoms. The Morgan fingerprint density at radius 2 is 1.80 bits per heavy atom. The summed E-state index contributed by atoms with van der Waals surface area (Å²) in [5.41, 5.74) is 3.21. The average molecular weight is 395 g/mol. The molecule has 2 atom stereocenters. The van der Waals surface area contributed by atoms with E-state index in [0.29, 0.717) is 12.3 Å². The first-order valence-corrected chi connectivity index (χ1v) is 10.4. The van der Waals surface area contributed by atoms with Crippen molar-refractivity contribution in [3.63, 3.8) is 0 Å². The summed E-state index contributed by atoms with van der Waals surface area (Å²) in [6.07, 6.45) is 3.93. The average Bonchev–Trinajstić information content (AvgIpc) is 3.16. The molecule has 0 aliphatic heterocycles. The van der Waals surface area contributed by atoms with Crippen molar-refractivity contribution in [1.82, 2.24) is 9.19 Å². The summed E-state index contributed by atoms with van der Waals surface area (Å²) in [7, 11) is 0. The monoisotopic (exact) mass is 396 g/mol. The Morgan fingerprint density at radius 3 is 2.56 bits per heavy atom. The standard InChI is InChI=1S/C21H20N2OSe/c24-19(16-10-5-2-6-11-16)14-18(15-8-3-1-4-9-15)17-12-7-13-20-21(17)22-23-25-20/h1-6,8-11,17-18H,7,12-14H2/t17-,18-/m0/s1. The number of nitrogens with zero attached hydrogens (tertiary/aromatic N) is 2. The molecule has 0 radical (unpaired) electrons. The summed E-state index contributed by atoms with van der Waals surface area (Å²) in [5.74, 6) is 0.696. The van der Waals surface area contributed by atoms with Gasteiger partial charge in [-0.25, -0.2) is 0 Å². The van der Waals surface area contributed by atoms with E-state index >= 15 is 0 Å². The molecular weight excluding hydrogens is 375 g/mol. The van der Waals surface area contributed by atoms with Crippen LogP contribution in [0, 0.1) is 0 Å². The molecule has 1 heterocycles. The third-order valence-electron chi connectivity index (χ3n) is 5.07. The van der Waals surface area contributed by atoms with Gasteiger partial charge in [0.15, 0.2) is 0 Å². The van der Waals surface area contributed by atoms with Crippen LogP contribution in [0.3, 0.4) is 0 Å². The van der Waals surface area contributed by atoms with Gasteiger partial charge in [-0.1, -0.05) is 0 Å². The van der Waals surface area contributed by atoms with Crippen molar-refractivity contribution in [2.75, 3.05) is 0 Å². The second kappa shape index (κ2) is 7.47.